The van der Waals surface area contributed by atoms with Crippen LogP contribution in [0.4, 0.5) is 0 Å². The number of Topliss-reactive ketones (excluding diaryl/α,β-unsaturated/α-hetero) is 1. The molecule has 0 heterocycles. The van der Waals surface area contributed by atoms with Crippen molar-refractivity contribution < 1.29 is 15.0 Å². The zero-order chi connectivity index (χ0) is 7.56. The van der Waals surface area contributed by atoms with E-state index in [2.05, 4.69) is 0 Å². The monoisotopic (exact) mass is 142 g/mol. The molecule has 0 aromatic heterocycles. The predicted octanol–water partition coefficient (Wildman–Crippen LogP) is -0.514. The number of hydrogen-bond donors (Lipinski definition) is 2. The van der Waals surface area contributed by atoms with Crippen LogP contribution < -0.4 is 0 Å². The van der Waals surface area contributed by atoms with Gasteiger partial charge >= 0.3 is 0 Å². The van der Waals surface area contributed by atoms with Gasteiger partial charge in [0.1, 0.15) is 0 Å². The van der Waals surface area contributed by atoms with Crippen molar-refractivity contribution in [1.82, 2.24) is 0 Å². The van der Waals surface area contributed by atoms with Gasteiger partial charge in [0.15, 0.2) is 5.78 Å². The van der Waals surface area contributed by atoms with E-state index in [1.54, 1.807) is 6.08 Å². The third-order valence-corrected chi connectivity index (χ3v) is 1.65. The molecule has 1 rings (SSSR count). The lowest BCUT2D eigenvalue weighted by atomic mass is 10.1. The number of ketones is 1. The van der Waals surface area contributed by atoms with Gasteiger partial charge in [-0.1, -0.05) is 6.08 Å². The molecule has 3 heteroatoms. The molecular weight excluding hydrogens is 132 g/mol. The fourth-order valence-electron chi connectivity index (χ4n) is 1.06. The second-order valence-corrected chi connectivity index (χ2v) is 2.42. The Labute approximate surface area is 59.0 Å². The van der Waals surface area contributed by atoms with Crippen LogP contribution in [0.2, 0.25) is 0 Å². The van der Waals surface area contributed by atoms with Crippen LogP contribution >= 0.6 is 0 Å². The lowest BCUT2D eigenvalue weighted by molar-refractivity contribution is -0.115. The Morgan fingerprint density at radius 3 is 2.60 bits per heavy atom. The van der Waals surface area contributed by atoms with Gasteiger partial charge in [-0.3, -0.25) is 4.79 Å². The van der Waals surface area contributed by atoms with Gasteiger partial charge in [-0.25, -0.2) is 0 Å². The van der Waals surface area contributed by atoms with Gasteiger partial charge in [0, 0.05) is 24.5 Å². The zero-order valence-corrected chi connectivity index (χ0v) is 5.58. The van der Waals surface area contributed by atoms with Crippen LogP contribution in [0, 0.1) is 5.92 Å². The first-order valence-electron chi connectivity index (χ1n) is 3.23. The van der Waals surface area contributed by atoms with Crippen molar-refractivity contribution in [1.29, 1.82) is 0 Å². The van der Waals surface area contributed by atoms with Crippen LogP contribution in [0.25, 0.3) is 0 Å². The topological polar surface area (TPSA) is 57.5 Å². The van der Waals surface area contributed by atoms with Crippen molar-refractivity contribution in [2.24, 2.45) is 5.92 Å². The number of carbonyl (C=O) groups excluding carboxylic acids is 1. The first-order chi connectivity index (χ1) is 4.77. The van der Waals surface area contributed by atoms with Crippen LogP contribution in [0.1, 0.15) is 6.42 Å². The molecule has 0 aliphatic heterocycles. The molecule has 0 bridgehead atoms. The van der Waals surface area contributed by atoms with E-state index in [4.69, 9.17) is 10.2 Å². The van der Waals surface area contributed by atoms with E-state index in [0.717, 1.165) is 0 Å². The highest BCUT2D eigenvalue weighted by Gasteiger charge is 2.21. The minimum atomic E-state index is -0.199. The number of aliphatic hydroxyl groups excluding tert-OH is 2. The van der Waals surface area contributed by atoms with Crippen LogP contribution in [-0.2, 0) is 4.79 Å². The summed E-state index contributed by atoms with van der Waals surface area (Å²) >= 11 is 0. The van der Waals surface area contributed by atoms with Gasteiger partial charge in [-0.15, -0.1) is 0 Å². The van der Waals surface area contributed by atoms with Gasteiger partial charge in [0.25, 0.3) is 0 Å². The molecule has 0 saturated heterocycles. The molecule has 1 aliphatic carbocycles. The van der Waals surface area contributed by atoms with Crippen LogP contribution in [0.5, 0.6) is 0 Å². The standard InChI is InChI=1S/C7H10O3/c8-3-5-1-6(4-9)7(10)2-5/h1,5,8-9H,2-4H2. The quantitative estimate of drug-likeness (QED) is 0.545. The molecule has 3 nitrogen and oxygen atoms in total. The normalized spacial score (nSPS) is 25.2. The number of aliphatic hydroxyl groups is 2. The molecule has 0 spiro atoms. The predicted molar refractivity (Wildman–Crippen MR) is 35.4 cm³/mol. The summed E-state index contributed by atoms with van der Waals surface area (Å²) in [6, 6.07) is 0. The third-order valence-electron chi connectivity index (χ3n) is 1.65. The smallest absolute Gasteiger partial charge is 0.161 e. The highest BCUT2D eigenvalue weighted by Crippen LogP contribution is 2.19. The molecule has 1 atom stereocenters. The molecule has 0 saturated carbocycles. The van der Waals surface area contributed by atoms with Crippen LogP contribution in [-0.4, -0.2) is 29.2 Å². The fraction of sp³-hybridized carbons (Fsp3) is 0.571. The summed E-state index contributed by atoms with van der Waals surface area (Å²) in [7, 11) is 0. The molecule has 0 aromatic carbocycles. The first kappa shape index (κ1) is 7.44. The van der Waals surface area contributed by atoms with Crippen molar-refractivity contribution in [2.45, 2.75) is 6.42 Å². The largest absolute Gasteiger partial charge is 0.396 e. The second-order valence-electron chi connectivity index (χ2n) is 2.42. The van der Waals surface area contributed by atoms with Crippen molar-refractivity contribution in [3.8, 4) is 0 Å². The molecule has 1 aliphatic rings. The molecule has 0 amide bonds. The lowest BCUT2D eigenvalue weighted by Crippen LogP contribution is -2.02. The molecule has 2 N–H and O–H groups in total. The first-order valence-corrected chi connectivity index (χ1v) is 3.23. The molecule has 0 radical (unpaired) electrons. The van der Waals surface area contributed by atoms with E-state index in [-0.39, 0.29) is 24.9 Å². The van der Waals surface area contributed by atoms with Gasteiger partial charge in [0.2, 0.25) is 0 Å². The molecule has 10 heavy (non-hydrogen) atoms. The Morgan fingerprint density at radius 2 is 2.30 bits per heavy atom. The number of hydrogen-bond acceptors (Lipinski definition) is 3. The van der Waals surface area contributed by atoms with Crippen molar-refractivity contribution in [2.75, 3.05) is 13.2 Å². The Kier molecular flexibility index (Phi) is 2.19. The second kappa shape index (κ2) is 2.94. The van der Waals surface area contributed by atoms with Crippen molar-refractivity contribution in [3.05, 3.63) is 11.6 Å². The maximum Gasteiger partial charge on any atom is 0.161 e. The fourth-order valence-corrected chi connectivity index (χ4v) is 1.06. The summed E-state index contributed by atoms with van der Waals surface area (Å²) in [5, 5.41) is 17.2. The minimum absolute atomic E-state index is 0.00472. The summed E-state index contributed by atoms with van der Waals surface area (Å²) < 4.78 is 0. The summed E-state index contributed by atoms with van der Waals surface area (Å²) in [6.07, 6.45) is 1.99. The van der Waals surface area contributed by atoms with Gasteiger partial charge in [-0.05, 0) is 0 Å². The van der Waals surface area contributed by atoms with E-state index in [1.807, 2.05) is 0 Å². The summed E-state index contributed by atoms with van der Waals surface area (Å²) in [5.41, 5.74) is 0.444. The molecule has 0 aromatic rings. The summed E-state index contributed by atoms with van der Waals surface area (Å²) in [6.45, 7) is -0.204. The molecule has 56 valence electrons. The van der Waals surface area contributed by atoms with Gasteiger partial charge < -0.3 is 10.2 Å². The molecule has 1 unspecified atom stereocenters. The highest BCUT2D eigenvalue weighted by molar-refractivity contribution is 5.98. The average molecular weight is 142 g/mol. The number of rotatable bonds is 2. The van der Waals surface area contributed by atoms with E-state index in [9.17, 15) is 4.79 Å². The number of carbonyl (C=O) groups is 1. The Morgan fingerprint density at radius 1 is 1.60 bits per heavy atom. The van der Waals surface area contributed by atoms with Gasteiger partial charge in [0.05, 0.1) is 6.61 Å². The third kappa shape index (κ3) is 1.25. The van der Waals surface area contributed by atoms with E-state index in [0.29, 0.717) is 12.0 Å². The van der Waals surface area contributed by atoms with Gasteiger partial charge in [-0.2, -0.15) is 0 Å². The maximum atomic E-state index is 10.8. The van der Waals surface area contributed by atoms with E-state index in [1.165, 1.54) is 0 Å². The SMILES string of the molecule is O=C1CC(CO)C=C1CO. The van der Waals surface area contributed by atoms with E-state index < -0.39 is 0 Å². The van der Waals surface area contributed by atoms with E-state index >= 15 is 0 Å². The van der Waals surface area contributed by atoms with Crippen molar-refractivity contribution in [3.63, 3.8) is 0 Å². The minimum Gasteiger partial charge on any atom is -0.396 e. The van der Waals surface area contributed by atoms with Crippen LogP contribution in [0.15, 0.2) is 11.6 Å². The van der Waals surface area contributed by atoms with Crippen LogP contribution in [0.3, 0.4) is 0 Å². The Balaban J connectivity index is 2.63. The zero-order valence-electron chi connectivity index (χ0n) is 5.58. The Hall–Kier alpha value is -0.670. The lowest BCUT2D eigenvalue weighted by Gasteiger charge is -1.96. The summed E-state index contributed by atoms with van der Waals surface area (Å²) in [4.78, 5) is 10.8. The highest BCUT2D eigenvalue weighted by atomic mass is 16.3. The molecule has 0 fully saturated rings. The molecular formula is C7H10O3. The maximum absolute atomic E-state index is 10.8. The average Bonchev–Trinajstić information content (AvgIpc) is 2.30. The summed E-state index contributed by atoms with van der Waals surface area (Å²) in [5.74, 6) is -0.101. The Bertz CT molecular complexity index is 172. The van der Waals surface area contributed by atoms with Crippen molar-refractivity contribution >= 4 is 5.78 Å².